The largest absolute Gasteiger partial charge is 0.360 e. The molecule has 0 fully saturated rings. The second kappa shape index (κ2) is 6.51. The van der Waals surface area contributed by atoms with Gasteiger partial charge in [0.15, 0.2) is 17.5 Å². The minimum absolute atomic E-state index is 0.214. The highest BCUT2D eigenvalue weighted by atomic mass is 32.2. The van der Waals surface area contributed by atoms with E-state index in [0.717, 1.165) is 12.1 Å². The lowest BCUT2D eigenvalue weighted by Gasteiger charge is -2.02. The van der Waals surface area contributed by atoms with Gasteiger partial charge in [0.05, 0.1) is 0 Å². The number of aromatic nitrogens is 1. The molecule has 4 nitrogen and oxygen atoms in total. The fraction of sp³-hybridized carbons (Fsp3) is 0.231. The number of hydrogen-bond donors (Lipinski definition) is 1. The SMILES string of the molecule is Cc1cc(NC(=O)CCSc2ccc(F)c(F)c2)no1. The summed E-state index contributed by atoms with van der Waals surface area (Å²) in [4.78, 5) is 12.2. The van der Waals surface area contributed by atoms with Crippen molar-refractivity contribution in [2.45, 2.75) is 18.2 Å². The Morgan fingerprint density at radius 2 is 2.15 bits per heavy atom. The van der Waals surface area contributed by atoms with Crippen molar-refractivity contribution < 1.29 is 18.1 Å². The lowest BCUT2D eigenvalue weighted by atomic mass is 10.3. The molecule has 20 heavy (non-hydrogen) atoms. The van der Waals surface area contributed by atoms with Gasteiger partial charge in [0.1, 0.15) is 5.76 Å². The summed E-state index contributed by atoms with van der Waals surface area (Å²) in [5, 5.41) is 6.22. The lowest BCUT2D eigenvalue weighted by molar-refractivity contribution is -0.115. The molecule has 0 atom stereocenters. The summed E-state index contributed by atoms with van der Waals surface area (Å²) in [6, 6.07) is 5.26. The van der Waals surface area contributed by atoms with Gasteiger partial charge in [0.2, 0.25) is 5.91 Å². The molecule has 106 valence electrons. The zero-order valence-electron chi connectivity index (χ0n) is 10.7. The molecule has 1 N–H and O–H groups in total. The van der Waals surface area contributed by atoms with Gasteiger partial charge in [-0.2, -0.15) is 0 Å². The second-order valence-corrected chi connectivity index (χ2v) is 5.21. The van der Waals surface area contributed by atoms with Gasteiger partial charge in [-0.1, -0.05) is 5.16 Å². The summed E-state index contributed by atoms with van der Waals surface area (Å²) < 4.78 is 30.5. The van der Waals surface area contributed by atoms with E-state index in [1.54, 1.807) is 13.0 Å². The molecule has 0 spiro atoms. The number of nitrogens with zero attached hydrogens (tertiary/aromatic N) is 1. The lowest BCUT2D eigenvalue weighted by Crippen LogP contribution is -2.12. The van der Waals surface area contributed by atoms with E-state index in [1.165, 1.54) is 17.8 Å². The Labute approximate surface area is 118 Å². The summed E-state index contributed by atoms with van der Waals surface area (Å²) in [5.41, 5.74) is 0. The van der Waals surface area contributed by atoms with Crippen LogP contribution in [-0.2, 0) is 4.79 Å². The number of rotatable bonds is 5. The first-order chi connectivity index (χ1) is 9.54. The van der Waals surface area contributed by atoms with Gasteiger partial charge in [-0.3, -0.25) is 4.79 Å². The predicted molar refractivity (Wildman–Crippen MR) is 71.6 cm³/mol. The molecule has 0 aliphatic heterocycles. The van der Waals surface area contributed by atoms with Crippen LogP contribution in [0.25, 0.3) is 0 Å². The maximum Gasteiger partial charge on any atom is 0.226 e. The summed E-state index contributed by atoms with van der Waals surface area (Å²) >= 11 is 1.28. The smallest absolute Gasteiger partial charge is 0.226 e. The zero-order valence-corrected chi connectivity index (χ0v) is 11.5. The molecule has 1 amide bonds. The normalized spacial score (nSPS) is 10.6. The van der Waals surface area contributed by atoms with Crippen LogP contribution in [0, 0.1) is 18.6 Å². The summed E-state index contributed by atoms with van der Waals surface area (Å²) in [6.45, 7) is 1.72. The van der Waals surface area contributed by atoms with Gasteiger partial charge in [-0.25, -0.2) is 8.78 Å². The molecule has 7 heteroatoms. The molecule has 0 aliphatic rings. The Kier molecular flexibility index (Phi) is 4.73. The van der Waals surface area contributed by atoms with Crippen LogP contribution in [0.4, 0.5) is 14.6 Å². The zero-order chi connectivity index (χ0) is 14.5. The fourth-order valence-corrected chi connectivity index (χ4v) is 2.33. The van der Waals surface area contributed by atoms with Gasteiger partial charge in [0, 0.05) is 23.1 Å². The Hall–Kier alpha value is -1.89. The minimum atomic E-state index is -0.891. The first-order valence-corrected chi connectivity index (χ1v) is 6.84. The van der Waals surface area contributed by atoms with E-state index in [2.05, 4.69) is 10.5 Å². The highest BCUT2D eigenvalue weighted by Gasteiger charge is 2.07. The fourth-order valence-electron chi connectivity index (χ4n) is 1.46. The van der Waals surface area contributed by atoms with Crippen LogP contribution >= 0.6 is 11.8 Å². The average Bonchev–Trinajstić information content (AvgIpc) is 2.79. The number of thioether (sulfide) groups is 1. The van der Waals surface area contributed by atoms with Crippen molar-refractivity contribution >= 4 is 23.5 Å². The predicted octanol–water partition coefficient (Wildman–Crippen LogP) is 3.38. The van der Waals surface area contributed by atoms with Gasteiger partial charge < -0.3 is 9.84 Å². The van der Waals surface area contributed by atoms with Crippen LogP contribution < -0.4 is 5.32 Å². The molecule has 0 bridgehead atoms. The van der Waals surface area contributed by atoms with Crippen molar-refractivity contribution in [3.63, 3.8) is 0 Å². The van der Waals surface area contributed by atoms with Gasteiger partial charge in [-0.05, 0) is 25.1 Å². The van der Waals surface area contributed by atoms with Gasteiger partial charge in [0.25, 0.3) is 0 Å². The third kappa shape index (κ3) is 4.06. The molecule has 1 aromatic carbocycles. The number of amides is 1. The molecule has 2 rings (SSSR count). The number of aryl methyl sites for hydroxylation is 1. The van der Waals surface area contributed by atoms with Gasteiger partial charge >= 0.3 is 0 Å². The van der Waals surface area contributed by atoms with E-state index in [9.17, 15) is 13.6 Å². The van der Waals surface area contributed by atoms with Crippen LogP contribution in [0.15, 0.2) is 33.7 Å². The summed E-state index contributed by atoms with van der Waals surface area (Å²) in [6.07, 6.45) is 0.232. The molecule has 0 saturated carbocycles. The first kappa shape index (κ1) is 14.5. The van der Waals surface area contributed by atoms with Crippen molar-refractivity contribution in [2.75, 3.05) is 11.1 Å². The number of benzene rings is 1. The van der Waals surface area contributed by atoms with Crippen LogP contribution in [0.5, 0.6) is 0 Å². The minimum Gasteiger partial charge on any atom is -0.360 e. The van der Waals surface area contributed by atoms with E-state index in [1.807, 2.05) is 0 Å². The average molecular weight is 298 g/mol. The molecule has 2 aromatic rings. The number of nitrogens with one attached hydrogen (secondary N) is 1. The molecule has 0 radical (unpaired) electrons. The van der Waals surface area contributed by atoms with Crippen LogP contribution in [0.2, 0.25) is 0 Å². The number of hydrogen-bond acceptors (Lipinski definition) is 4. The number of carbonyl (C=O) groups excluding carboxylic acids is 1. The molecule has 1 aromatic heterocycles. The van der Waals surface area contributed by atoms with Crippen molar-refractivity contribution in [1.29, 1.82) is 0 Å². The number of halogens is 2. The topological polar surface area (TPSA) is 55.1 Å². The van der Waals surface area contributed by atoms with Crippen molar-refractivity contribution in [1.82, 2.24) is 5.16 Å². The third-order valence-corrected chi connectivity index (χ3v) is 3.38. The van der Waals surface area contributed by atoms with Crippen LogP contribution in [-0.4, -0.2) is 16.8 Å². The quantitative estimate of drug-likeness (QED) is 0.860. The molecule has 0 unspecified atom stereocenters. The molecular weight excluding hydrogens is 286 g/mol. The van der Waals surface area contributed by atoms with E-state index < -0.39 is 11.6 Å². The molecular formula is C13H12F2N2O2S. The van der Waals surface area contributed by atoms with Crippen molar-refractivity contribution in [3.05, 3.63) is 41.7 Å². The second-order valence-electron chi connectivity index (χ2n) is 4.05. The van der Waals surface area contributed by atoms with E-state index in [4.69, 9.17) is 4.52 Å². The highest BCUT2D eigenvalue weighted by molar-refractivity contribution is 7.99. The Morgan fingerprint density at radius 3 is 2.80 bits per heavy atom. The van der Waals surface area contributed by atoms with Crippen LogP contribution in [0.1, 0.15) is 12.2 Å². The van der Waals surface area contributed by atoms with Crippen LogP contribution in [0.3, 0.4) is 0 Å². The van der Waals surface area contributed by atoms with E-state index >= 15 is 0 Å². The maximum absolute atomic E-state index is 13.0. The number of carbonyl (C=O) groups is 1. The molecule has 0 saturated heterocycles. The van der Waals surface area contributed by atoms with Crippen molar-refractivity contribution in [2.24, 2.45) is 0 Å². The third-order valence-electron chi connectivity index (χ3n) is 2.38. The van der Waals surface area contributed by atoms with Gasteiger partial charge in [-0.15, -0.1) is 11.8 Å². The monoisotopic (exact) mass is 298 g/mol. The maximum atomic E-state index is 13.0. The summed E-state index contributed by atoms with van der Waals surface area (Å²) in [5.74, 6) is -0.561. The standard InChI is InChI=1S/C13H12F2N2O2S/c1-8-6-12(17-19-8)16-13(18)4-5-20-9-2-3-10(14)11(15)7-9/h2-3,6-7H,4-5H2,1H3,(H,16,17,18). The highest BCUT2D eigenvalue weighted by Crippen LogP contribution is 2.21. The Morgan fingerprint density at radius 1 is 1.35 bits per heavy atom. The molecule has 0 aliphatic carbocycles. The van der Waals surface area contributed by atoms with E-state index in [-0.39, 0.29) is 12.3 Å². The first-order valence-electron chi connectivity index (χ1n) is 5.85. The Balaban J connectivity index is 1.77. The number of anilines is 1. The summed E-state index contributed by atoms with van der Waals surface area (Å²) in [7, 11) is 0. The Bertz CT molecular complexity index is 616. The van der Waals surface area contributed by atoms with E-state index in [0.29, 0.717) is 22.2 Å². The molecule has 1 heterocycles. The van der Waals surface area contributed by atoms with Crippen molar-refractivity contribution in [3.8, 4) is 0 Å².